The number of halogens is 2. The molecule has 0 aliphatic heterocycles. The van der Waals surface area contributed by atoms with Gasteiger partial charge in [-0.05, 0) is 55.5 Å². The molecule has 0 radical (unpaired) electrons. The van der Waals surface area contributed by atoms with Crippen molar-refractivity contribution < 1.29 is 4.79 Å². The van der Waals surface area contributed by atoms with E-state index in [1.54, 1.807) is 10.9 Å². The molecule has 1 aliphatic carbocycles. The molecule has 1 amide bonds. The zero-order valence-corrected chi connectivity index (χ0v) is 16.9. The van der Waals surface area contributed by atoms with E-state index in [1.165, 1.54) is 11.1 Å². The van der Waals surface area contributed by atoms with Gasteiger partial charge in [0.2, 0.25) is 0 Å². The molecule has 1 aromatic carbocycles. The van der Waals surface area contributed by atoms with Gasteiger partial charge in [-0.1, -0.05) is 6.07 Å². The molecule has 1 atom stereocenters. The van der Waals surface area contributed by atoms with Crippen LogP contribution in [-0.4, -0.2) is 20.7 Å². The quantitative estimate of drug-likeness (QED) is 0.636. The van der Waals surface area contributed by atoms with Crippen LogP contribution in [0.5, 0.6) is 0 Å². The largest absolute Gasteiger partial charge is 0.399 e. The van der Waals surface area contributed by atoms with Gasteiger partial charge >= 0.3 is 0 Å². The van der Waals surface area contributed by atoms with Gasteiger partial charge in [-0.2, -0.15) is 5.10 Å². The summed E-state index contributed by atoms with van der Waals surface area (Å²) >= 11 is 0. The van der Waals surface area contributed by atoms with Crippen LogP contribution in [0.4, 0.5) is 5.69 Å². The second-order valence-electron chi connectivity index (χ2n) is 6.68. The van der Waals surface area contributed by atoms with E-state index in [0.717, 1.165) is 41.7 Å². The van der Waals surface area contributed by atoms with Gasteiger partial charge < -0.3 is 11.1 Å². The molecule has 1 unspecified atom stereocenters. The first-order valence-corrected chi connectivity index (χ1v) is 8.51. The summed E-state index contributed by atoms with van der Waals surface area (Å²) in [6.07, 6.45) is 4.60. The summed E-state index contributed by atoms with van der Waals surface area (Å²) in [5, 5.41) is 8.42. The average Bonchev–Trinajstić information content (AvgIpc) is 2.88. The Morgan fingerprint density at radius 2 is 2.07 bits per heavy atom. The third kappa shape index (κ3) is 3.87. The van der Waals surface area contributed by atoms with Gasteiger partial charge in [0.05, 0.1) is 17.3 Å². The number of hydrogen-bond acceptors (Lipinski definition) is 4. The van der Waals surface area contributed by atoms with E-state index >= 15 is 0 Å². The Bertz CT molecular complexity index is 986. The van der Waals surface area contributed by atoms with Crippen LogP contribution >= 0.6 is 24.8 Å². The van der Waals surface area contributed by atoms with Crippen LogP contribution in [0.15, 0.2) is 30.5 Å². The minimum atomic E-state index is -0.104. The first-order valence-electron chi connectivity index (χ1n) is 8.51. The van der Waals surface area contributed by atoms with Crippen LogP contribution in [0, 0.1) is 6.92 Å². The molecule has 144 valence electrons. The Balaban J connectivity index is 0.00000131. The Morgan fingerprint density at radius 3 is 2.85 bits per heavy atom. The number of nitrogens with zero attached hydrogens (tertiary/aromatic N) is 3. The minimum absolute atomic E-state index is 0. The number of aromatic nitrogens is 3. The van der Waals surface area contributed by atoms with E-state index in [1.807, 2.05) is 38.2 Å². The average molecular weight is 408 g/mol. The lowest BCUT2D eigenvalue weighted by molar-refractivity contribution is 0.0932. The highest BCUT2D eigenvalue weighted by atomic mass is 35.5. The van der Waals surface area contributed by atoms with Gasteiger partial charge in [0, 0.05) is 24.3 Å². The second kappa shape index (κ2) is 8.15. The van der Waals surface area contributed by atoms with Crippen molar-refractivity contribution in [2.75, 3.05) is 5.73 Å². The number of aryl methyl sites for hydroxylation is 3. The molecule has 0 bridgehead atoms. The highest BCUT2D eigenvalue weighted by Gasteiger charge is 2.23. The fraction of sp³-hybridized carbons (Fsp3) is 0.316. The van der Waals surface area contributed by atoms with Crippen LogP contribution in [0.1, 0.15) is 46.1 Å². The van der Waals surface area contributed by atoms with Gasteiger partial charge in [-0.25, -0.2) is 4.98 Å². The summed E-state index contributed by atoms with van der Waals surface area (Å²) in [7, 11) is 1.85. The van der Waals surface area contributed by atoms with Gasteiger partial charge in [-0.3, -0.25) is 9.48 Å². The van der Waals surface area contributed by atoms with Gasteiger partial charge in [0.1, 0.15) is 0 Å². The van der Waals surface area contributed by atoms with E-state index in [-0.39, 0.29) is 36.8 Å². The van der Waals surface area contributed by atoms with Crippen LogP contribution in [0.3, 0.4) is 0 Å². The van der Waals surface area contributed by atoms with Crippen LogP contribution in [0.2, 0.25) is 0 Å². The third-order valence-electron chi connectivity index (χ3n) is 4.91. The predicted molar refractivity (Wildman–Crippen MR) is 112 cm³/mol. The number of amides is 1. The molecular formula is C19H23Cl2N5O. The second-order valence-corrected chi connectivity index (χ2v) is 6.68. The van der Waals surface area contributed by atoms with Crippen molar-refractivity contribution in [3.8, 4) is 0 Å². The van der Waals surface area contributed by atoms with Gasteiger partial charge in [-0.15, -0.1) is 24.8 Å². The van der Waals surface area contributed by atoms with Crippen molar-refractivity contribution in [1.82, 2.24) is 20.1 Å². The molecule has 8 heteroatoms. The maximum atomic E-state index is 12.7. The molecule has 2 heterocycles. The van der Waals surface area contributed by atoms with Gasteiger partial charge in [0.25, 0.3) is 5.91 Å². The monoisotopic (exact) mass is 407 g/mol. The number of rotatable bonds is 2. The number of nitrogen functional groups attached to an aromatic ring is 1. The zero-order chi connectivity index (χ0) is 17.6. The number of carbonyl (C=O) groups is 1. The molecule has 6 nitrogen and oxygen atoms in total. The number of nitrogens with two attached hydrogens (primary N) is 1. The molecule has 27 heavy (non-hydrogen) atoms. The highest BCUT2D eigenvalue weighted by Crippen LogP contribution is 2.31. The summed E-state index contributed by atoms with van der Waals surface area (Å²) in [5.74, 6) is -0.104. The smallest absolute Gasteiger partial charge is 0.253 e. The van der Waals surface area contributed by atoms with Crippen molar-refractivity contribution in [2.45, 2.75) is 32.2 Å². The lowest BCUT2D eigenvalue weighted by atomic mass is 9.87. The first-order chi connectivity index (χ1) is 12.0. The summed E-state index contributed by atoms with van der Waals surface area (Å²) in [6.45, 7) is 1.92. The topological polar surface area (TPSA) is 85.8 Å². The molecule has 4 rings (SSSR count). The number of benzene rings is 1. The summed E-state index contributed by atoms with van der Waals surface area (Å²) in [4.78, 5) is 17.1. The summed E-state index contributed by atoms with van der Waals surface area (Å²) in [6, 6.07) is 7.83. The molecule has 0 saturated carbocycles. The van der Waals surface area contributed by atoms with Crippen LogP contribution in [-0.2, 0) is 13.5 Å². The molecule has 3 aromatic rings. The maximum absolute atomic E-state index is 12.7. The van der Waals surface area contributed by atoms with Crippen molar-refractivity contribution in [2.24, 2.45) is 7.05 Å². The minimum Gasteiger partial charge on any atom is -0.399 e. The predicted octanol–water partition coefficient (Wildman–Crippen LogP) is 3.51. The molecule has 3 N–H and O–H groups in total. The van der Waals surface area contributed by atoms with Gasteiger partial charge in [0.15, 0.2) is 5.65 Å². The molecule has 0 fully saturated rings. The van der Waals surface area contributed by atoms with E-state index in [2.05, 4.69) is 15.4 Å². The highest BCUT2D eigenvalue weighted by molar-refractivity contribution is 5.97. The third-order valence-corrected chi connectivity index (χ3v) is 4.91. The van der Waals surface area contributed by atoms with Crippen LogP contribution in [0.25, 0.3) is 11.0 Å². The molecule has 2 aromatic heterocycles. The zero-order valence-electron chi connectivity index (χ0n) is 15.2. The lowest BCUT2D eigenvalue weighted by Crippen LogP contribution is -2.31. The van der Waals surface area contributed by atoms with E-state index in [4.69, 9.17) is 5.73 Å². The number of fused-ring (bicyclic) bond motifs is 2. The van der Waals surface area contributed by atoms with Crippen molar-refractivity contribution in [1.29, 1.82) is 0 Å². The molecule has 0 spiro atoms. The normalized spacial score (nSPS) is 15.4. The lowest BCUT2D eigenvalue weighted by Gasteiger charge is -2.26. The number of nitrogens with one attached hydrogen (secondary N) is 1. The van der Waals surface area contributed by atoms with Crippen LogP contribution < -0.4 is 11.1 Å². The molecule has 0 saturated heterocycles. The number of hydrogen-bond donors (Lipinski definition) is 2. The Hall–Kier alpha value is -2.31. The maximum Gasteiger partial charge on any atom is 0.253 e. The number of pyridine rings is 1. The standard InChI is InChI=1S/C19H21N5O.2ClH/c1-11-16-9-13(10-21-18(16)24(2)23-11)19(25)22-17-5-3-4-12-8-14(20)6-7-15(12)17;;/h6-10,17H,3-5,20H2,1-2H3,(H,22,25);2*1H. The molecular weight excluding hydrogens is 385 g/mol. The fourth-order valence-electron chi connectivity index (χ4n) is 3.66. The Labute approximate surface area is 170 Å². The number of anilines is 1. The van der Waals surface area contributed by atoms with Crippen molar-refractivity contribution >= 4 is 47.4 Å². The van der Waals surface area contributed by atoms with E-state index < -0.39 is 0 Å². The molecule has 1 aliphatic rings. The Morgan fingerprint density at radius 1 is 1.30 bits per heavy atom. The summed E-state index contributed by atoms with van der Waals surface area (Å²) < 4.78 is 1.73. The Kier molecular flexibility index (Phi) is 6.34. The number of carbonyl (C=O) groups excluding carboxylic acids is 1. The van der Waals surface area contributed by atoms with Crippen molar-refractivity contribution in [3.05, 3.63) is 52.8 Å². The van der Waals surface area contributed by atoms with Crippen molar-refractivity contribution in [3.63, 3.8) is 0 Å². The van der Waals surface area contributed by atoms with E-state index in [0.29, 0.717) is 5.56 Å². The van der Waals surface area contributed by atoms with E-state index in [9.17, 15) is 4.79 Å². The first kappa shape index (κ1) is 21.0. The fourth-order valence-corrected chi connectivity index (χ4v) is 3.66. The summed E-state index contributed by atoms with van der Waals surface area (Å²) in [5.41, 5.74) is 11.3. The SMILES string of the molecule is Cc1nn(C)c2ncc(C(=O)NC3CCCc4cc(N)ccc43)cc12.Cl.Cl.